The van der Waals surface area contributed by atoms with Crippen LogP contribution in [0.4, 0.5) is 0 Å². The van der Waals surface area contributed by atoms with Gasteiger partial charge in [0, 0.05) is 6.54 Å². The van der Waals surface area contributed by atoms with Crippen LogP contribution in [-0.2, 0) is 11.3 Å². The lowest BCUT2D eigenvalue weighted by Crippen LogP contribution is -2.34. The summed E-state index contributed by atoms with van der Waals surface area (Å²) < 4.78 is 1.66. The van der Waals surface area contributed by atoms with Crippen LogP contribution in [0.3, 0.4) is 0 Å². The Balaban J connectivity index is 1.96. The van der Waals surface area contributed by atoms with E-state index >= 15 is 0 Å². The van der Waals surface area contributed by atoms with E-state index in [1.165, 1.54) is 11.8 Å². The van der Waals surface area contributed by atoms with Gasteiger partial charge in [-0.1, -0.05) is 68.1 Å². The topological polar surface area (TPSA) is 64.0 Å². The van der Waals surface area contributed by atoms with Crippen LogP contribution < -0.4 is 10.9 Å². The van der Waals surface area contributed by atoms with Gasteiger partial charge in [0.1, 0.15) is 0 Å². The molecule has 2 aromatic carbocycles. The molecule has 0 saturated heterocycles. The molecular formula is C22H25N3O2S. The van der Waals surface area contributed by atoms with Crippen LogP contribution in [0, 0.1) is 5.92 Å². The summed E-state index contributed by atoms with van der Waals surface area (Å²) in [6.45, 7) is 7.00. The van der Waals surface area contributed by atoms with Crippen molar-refractivity contribution in [1.29, 1.82) is 0 Å². The van der Waals surface area contributed by atoms with E-state index in [2.05, 4.69) is 19.2 Å². The molecule has 6 heteroatoms. The maximum absolute atomic E-state index is 13.1. The summed E-state index contributed by atoms with van der Waals surface area (Å²) in [5.74, 6) is 0.337. The van der Waals surface area contributed by atoms with E-state index in [1.807, 2.05) is 55.5 Å². The van der Waals surface area contributed by atoms with Gasteiger partial charge in [-0.15, -0.1) is 0 Å². The SMILES string of the molecule is CC(C)CNC(=O)C(C)Sc1nc2ccccc2c(=O)n1Cc1ccccc1. The largest absolute Gasteiger partial charge is 0.355 e. The van der Waals surface area contributed by atoms with Crippen molar-refractivity contribution < 1.29 is 4.79 Å². The van der Waals surface area contributed by atoms with Gasteiger partial charge in [0.25, 0.3) is 5.56 Å². The van der Waals surface area contributed by atoms with E-state index in [1.54, 1.807) is 10.6 Å². The first-order valence-corrected chi connectivity index (χ1v) is 10.3. The first kappa shape index (κ1) is 20.1. The Hall–Kier alpha value is -2.60. The minimum atomic E-state index is -0.353. The molecule has 1 amide bonds. The molecule has 0 spiro atoms. The number of aromatic nitrogens is 2. The van der Waals surface area contributed by atoms with Crippen LogP contribution in [0.25, 0.3) is 10.9 Å². The fraction of sp³-hybridized carbons (Fsp3) is 0.318. The molecule has 0 aliphatic rings. The lowest BCUT2D eigenvalue weighted by atomic mass is 10.2. The number of benzene rings is 2. The molecule has 1 N–H and O–H groups in total. The lowest BCUT2D eigenvalue weighted by Gasteiger charge is -2.17. The summed E-state index contributed by atoms with van der Waals surface area (Å²) >= 11 is 1.32. The Morgan fingerprint density at radius 3 is 2.46 bits per heavy atom. The molecule has 0 aliphatic carbocycles. The number of para-hydroxylation sites is 1. The molecule has 1 aromatic heterocycles. The van der Waals surface area contributed by atoms with Gasteiger partial charge in [0.2, 0.25) is 5.91 Å². The second-order valence-electron chi connectivity index (χ2n) is 7.19. The maximum Gasteiger partial charge on any atom is 0.262 e. The van der Waals surface area contributed by atoms with E-state index in [9.17, 15) is 9.59 Å². The summed E-state index contributed by atoms with van der Waals surface area (Å²) in [7, 11) is 0. The van der Waals surface area contributed by atoms with Gasteiger partial charge in [-0.2, -0.15) is 0 Å². The molecule has 1 heterocycles. The van der Waals surface area contributed by atoms with Crippen molar-refractivity contribution in [2.45, 2.75) is 37.7 Å². The fourth-order valence-corrected chi connectivity index (χ4v) is 3.74. The van der Waals surface area contributed by atoms with E-state index < -0.39 is 0 Å². The number of nitrogens with one attached hydrogen (secondary N) is 1. The lowest BCUT2D eigenvalue weighted by molar-refractivity contribution is -0.120. The minimum Gasteiger partial charge on any atom is -0.355 e. The third kappa shape index (κ3) is 4.81. The molecule has 0 radical (unpaired) electrons. The monoisotopic (exact) mass is 395 g/mol. The van der Waals surface area contributed by atoms with Crippen molar-refractivity contribution in [2.75, 3.05) is 6.54 Å². The van der Waals surface area contributed by atoms with E-state index in [-0.39, 0.29) is 16.7 Å². The zero-order chi connectivity index (χ0) is 20.1. The molecule has 3 aromatic rings. The zero-order valence-corrected chi connectivity index (χ0v) is 17.2. The van der Waals surface area contributed by atoms with Crippen LogP contribution in [0.2, 0.25) is 0 Å². The second kappa shape index (κ2) is 9.06. The molecule has 1 unspecified atom stereocenters. The van der Waals surface area contributed by atoms with Crippen LogP contribution in [-0.4, -0.2) is 27.3 Å². The van der Waals surface area contributed by atoms with Crippen molar-refractivity contribution in [2.24, 2.45) is 5.92 Å². The Morgan fingerprint density at radius 2 is 1.75 bits per heavy atom. The van der Waals surface area contributed by atoms with Crippen molar-refractivity contribution in [1.82, 2.24) is 14.9 Å². The molecule has 1 atom stereocenters. The highest BCUT2D eigenvalue weighted by molar-refractivity contribution is 8.00. The molecule has 0 saturated carbocycles. The molecule has 28 heavy (non-hydrogen) atoms. The molecule has 3 rings (SSSR count). The van der Waals surface area contributed by atoms with E-state index in [4.69, 9.17) is 4.98 Å². The molecule has 146 valence electrons. The van der Waals surface area contributed by atoms with Gasteiger partial charge in [-0.05, 0) is 30.5 Å². The van der Waals surface area contributed by atoms with Gasteiger partial charge in [-0.25, -0.2) is 4.98 Å². The van der Waals surface area contributed by atoms with E-state index in [0.29, 0.717) is 35.1 Å². The Kier molecular flexibility index (Phi) is 6.52. The third-order valence-corrected chi connectivity index (χ3v) is 5.44. The van der Waals surface area contributed by atoms with Gasteiger partial charge in [0.05, 0.1) is 22.7 Å². The van der Waals surface area contributed by atoms with Gasteiger partial charge >= 0.3 is 0 Å². The number of thioether (sulfide) groups is 1. The highest BCUT2D eigenvalue weighted by Gasteiger charge is 2.19. The number of amides is 1. The molecule has 0 bridgehead atoms. The third-order valence-electron chi connectivity index (χ3n) is 4.35. The summed E-state index contributed by atoms with van der Waals surface area (Å²) in [5.41, 5.74) is 1.57. The van der Waals surface area contributed by atoms with Gasteiger partial charge in [-0.3, -0.25) is 14.2 Å². The van der Waals surface area contributed by atoms with Gasteiger partial charge in [0.15, 0.2) is 5.16 Å². The number of rotatable bonds is 7. The molecular weight excluding hydrogens is 370 g/mol. The predicted octanol–water partition coefficient (Wildman–Crippen LogP) is 3.70. The summed E-state index contributed by atoms with van der Waals surface area (Å²) in [6.07, 6.45) is 0. The average Bonchev–Trinajstić information content (AvgIpc) is 2.69. The highest BCUT2D eigenvalue weighted by atomic mass is 32.2. The molecule has 0 aliphatic heterocycles. The van der Waals surface area contributed by atoms with Gasteiger partial charge < -0.3 is 5.32 Å². The smallest absolute Gasteiger partial charge is 0.262 e. The standard InChI is InChI=1S/C22H25N3O2S/c1-15(2)13-23-20(26)16(3)28-22-24-19-12-8-7-11-18(19)21(27)25(22)14-17-9-5-4-6-10-17/h4-12,15-16H,13-14H2,1-3H3,(H,23,26). The average molecular weight is 396 g/mol. The van der Waals surface area contributed by atoms with Crippen LogP contribution in [0.1, 0.15) is 26.3 Å². The normalized spacial score (nSPS) is 12.3. The van der Waals surface area contributed by atoms with Crippen LogP contribution >= 0.6 is 11.8 Å². The quantitative estimate of drug-likeness (QED) is 0.489. The Bertz CT molecular complexity index is 1020. The zero-order valence-electron chi connectivity index (χ0n) is 16.4. The fourth-order valence-electron chi connectivity index (χ4n) is 2.80. The molecule has 0 fully saturated rings. The van der Waals surface area contributed by atoms with Crippen molar-refractivity contribution >= 4 is 28.6 Å². The minimum absolute atomic E-state index is 0.0487. The first-order chi connectivity index (χ1) is 13.5. The predicted molar refractivity (Wildman–Crippen MR) is 115 cm³/mol. The van der Waals surface area contributed by atoms with Crippen molar-refractivity contribution in [3.63, 3.8) is 0 Å². The Labute approximate surface area is 169 Å². The number of hydrogen-bond acceptors (Lipinski definition) is 4. The number of carbonyl (C=O) groups excluding carboxylic acids is 1. The van der Waals surface area contributed by atoms with Crippen LogP contribution in [0.15, 0.2) is 64.5 Å². The number of hydrogen-bond donors (Lipinski definition) is 1. The summed E-state index contributed by atoms with van der Waals surface area (Å²) in [4.78, 5) is 30.2. The summed E-state index contributed by atoms with van der Waals surface area (Å²) in [5, 5.41) is 3.73. The Morgan fingerprint density at radius 1 is 1.07 bits per heavy atom. The van der Waals surface area contributed by atoms with Crippen LogP contribution in [0.5, 0.6) is 0 Å². The number of nitrogens with zero attached hydrogens (tertiary/aromatic N) is 2. The van der Waals surface area contributed by atoms with E-state index in [0.717, 1.165) is 5.56 Å². The van der Waals surface area contributed by atoms with Crippen molar-refractivity contribution in [3.8, 4) is 0 Å². The maximum atomic E-state index is 13.1. The highest BCUT2D eigenvalue weighted by Crippen LogP contribution is 2.23. The number of carbonyl (C=O) groups is 1. The first-order valence-electron chi connectivity index (χ1n) is 9.43. The summed E-state index contributed by atoms with van der Waals surface area (Å²) in [6, 6.07) is 17.1. The molecule has 5 nitrogen and oxygen atoms in total. The number of fused-ring (bicyclic) bond motifs is 1. The second-order valence-corrected chi connectivity index (χ2v) is 8.50. The van der Waals surface area contributed by atoms with Crippen molar-refractivity contribution in [3.05, 3.63) is 70.5 Å².